The van der Waals surface area contributed by atoms with Crippen molar-refractivity contribution < 1.29 is 19.4 Å². The molecule has 2 aliphatic carbocycles. The van der Waals surface area contributed by atoms with E-state index in [0.29, 0.717) is 16.8 Å². The molecule has 0 bridgehead atoms. The van der Waals surface area contributed by atoms with Crippen LogP contribution in [0.15, 0.2) is 6.07 Å². The smallest absolute Gasteiger partial charge is 0.449 e. The van der Waals surface area contributed by atoms with Crippen molar-refractivity contribution in [1.82, 2.24) is 0 Å². The minimum absolute atomic E-state index is 0.00984. The van der Waals surface area contributed by atoms with Crippen LogP contribution in [-0.4, -0.2) is 23.2 Å². The fourth-order valence-electron chi connectivity index (χ4n) is 3.46. The summed E-state index contributed by atoms with van der Waals surface area (Å²) in [7, 11) is 0. The minimum atomic E-state index is -1.38. The van der Waals surface area contributed by atoms with Gasteiger partial charge >= 0.3 is 6.16 Å². The van der Waals surface area contributed by atoms with Gasteiger partial charge in [0, 0.05) is 23.9 Å². The van der Waals surface area contributed by atoms with Crippen molar-refractivity contribution >= 4 is 28.4 Å². The lowest BCUT2D eigenvalue weighted by molar-refractivity contribution is -0.123. The van der Waals surface area contributed by atoms with Crippen LogP contribution in [0.25, 0.3) is 0 Å². The lowest BCUT2D eigenvalue weighted by Gasteiger charge is -2.33. The van der Waals surface area contributed by atoms with Gasteiger partial charge in [-0.1, -0.05) is 18.8 Å². The maximum Gasteiger partial charge on any atom is 0.511 e. The Bertz CT molecular complexity index is 761. The van der Waals surface area contributed by atoms with E-state index in [9.17, 15) is 9.59 Å². The third kappa shape index (κ3) is 5.04. The van der Waals surface area contributed by atoms with Crippen LogP contribution in [0.2, 0.25) is 0 Å². The highest BCUT2D eigenvalue weighted by atomic mass is 32.1. The van der Waals surface area contributed by atoms with E-state index in [1.807, 2.05) is 13.8 Å². The molecular weight excluding hydrogens is 362 g/mol. The molecule has 1 aromatic heterocycles. The SMILES string of the molecule is CC(C)N(c1sc(C#CC2CC2)cc1OC(=O)O)C(=O)[C@H]1CC[C@H](C)CC1. The number of hydrogen-bond donors (Lipinski definition) is 1. The third-order valence-electron chi connectivity index (χ3n) is 5.19. The van der Waals surface area contributed by atoms with Crippen LogP contribution in [0.4, 0.5) is 9.80 Å². The molecule has 0 spiro atoms. The summed E-state index contributed by atoms with van der Waals surface area (Å²) < 4.78 is 5.00. The van der Waals surface area contributed by atoms with Crippen molar-refractivity contribution in [3.8, 4) is 17.6 Å². The first-order valence-electron chi connectivity index (χ1n) is 9.74. The molecule has 2 saturated carbocycles. The third-order valence-corrected chi connectivity index (χ3v) is 6.22. The zero-order valence-corrected chi connectivity index (χ0v) is 17.0. The fourth-order valence-corrected chi connectivity index (χ4v) is 4.54. The summed E-state index contributed by atoms with van der Waals surface area (Å²) >= 11 is 1.34. The van der Waals surface area contributed by atoms with Crippen molar-refractivity contribution in [2.45, 2.75) is 65.3 Å². The molecule has 0 aliphatic heterocycles. The second-order valence-corrected chi connectivity index (χ2v) is 8.98. The number of carboxylic acid groups (broad SMARTS) is 1. The highest BCUT2D eigenvalue weighted by Crippen LogP contribution is 2.41. The summed E-state index contributed by atoms with van der Waals surface area (Å²) in [6.07, 6.45) is 4.77. The standard InChI is InChI=1S/C21H27NO4S/c1-13(2)22(19(23)16-9-4-14(3)5-10-16)20-18(26-21(24)25)12-17(27-20)11-8-15-6-7-15/h12-16H,4-7,9-10H2,1-3H3,(H,24,25)/t14-,16-. The molecule has 146 valence electrons. The van der Waals surface area contributed by atoms with Gasteiger partial charge in [0.2, 0.25) is 5.91 Å². The fraction of sp³-hybridized carbons (Fsp3) is 0.619. The number of carbonyl (C=O) groups excluding carboxylic acids is 1. The minimum Gasteiger partial charge on any atom is -0.449 e. The number of carbonyl (C=O) groups is 2. The van der Waals surface area contributed by atoms with Crippen molar-refractivity contribution in [2.24, 2.45) is 17.8 Å². The Labute approximate surface area is 164 Å². The first kappa shape index (κ1) is 19.8. The van der Waals surface area contributed by atoms with Crippen molar-refractivity contribution in [1.29, 1.82) is 0 Å². The zero-order chi connectivity index (χ0) is 19.6. The lowest BCUT2D eigenvalue weighted by Crippen LogP contribution is -2.42. The van der Waals surface area contributed by atoms with Crippen LogP contribution in [0.1, 0.15) is 64.2 Å². The molecule has 6 heteroatoms. The predicted molar refractivity (Wildman–Crippen MR) is 106 cm³/mol. The van der Waals surface area contributed by atoms with E-state index in [1.54, 1.807) is 11.0 Å². The van der Waals surface area contributed by atoms with Crippen LogP contribution in [0.5, 0.6) is 5.75 Å². The Morgan fingerprint density at radius 1 is 1.22 bits per heavy atom. The van der Waals surface area contributed by atoms with Crippen LogP contribution < -0.4 is 9.64 Å². The summed E-state index contributed by atoms with van der Waals surface area (Å²) in [5.74, 6) is 7.68. The van der Waals surface area contributed by atoms with Gasteiger partial charge in [-0.2, -0.15) is 0 Å². The predicted octanol–water partition coefficient (Wildman–Crippen LogP) is 5.13. The number of amides is 1. The summed E-state index contributed by atoms with van der Waals surface area (Å²) in [5.41, 5.74) is 0. The van der Waals surface area contributed by atoms with E-state index in [4.69, 9.17) is 9.84 Å². The van der Waals surface area contributed by atoms with Gasteiger partial charge in [-0.3, -0.25) is 9.69 Å². The summed E-state index contributed by atoms with van der Waals surface area (Å²) in [6, 6.07) is 1.56. The molecular formula is C21H27NO4S. The van der Waals surface area contributed by atoms with Crippen LogP contribution >= 0.6 is 11.3 Å². The molecule has 0 radical (unpaired) electrons. The molecule has 1 aromatic rings. The zero-order valence-electron chi connectivity index (χ0n) is 16.2. The van der Waals surface area contributed by atoms with Gasteiger partial charge in [-0.15, -0.1) is 11.3 Å². The van der Waals surface area contributed by atoms with Crippen LogP contribution in [-0.2, 0) is 4.79 Å². The van der Waals surface area contributed by atoms with E-state index in [-0.39, 0.29) is 23.6 Å². The lowest BCUT2D eigenvalue weighted by atomic mass is 9.82. The number of hydrogen-bond acceptors (Lipinski definition) is 4. The molecule has 2 aliphatic rings. The molecule has 5 nitrogen and oxygen atoms in total. The van der Waals surface area contributed by atoms with Gasteiger partial charge in [-0.25, -0.2) is 4.79 Å². The second-order valence-electron chi connectivity index (χ2n) is 7.95. The van der Waals surface area contributed by atoms with E-state index >= 15 is 0 Å². The molecule has 2 fully saturated rings. The summed E-state index contributed by atoms with van der Waals surface area (Å²) in [6.45, 7) is 6.12. The molecule has 0 unspecified atom stereocenters. The average Bonchev–Trinajstić information content (AvgIpc) is 3.35. The topological polar surface area (TPSA) is 66.8 Å². The maximum absolute atomic E-state index is 13.3. The van der Waals surface area contributed by atoms with E-state index in [1.165, 1.54) is 11.3 Å². The monoisotopic (exact) mass is 389 g/mol. The number of thiophene rings is 1. The molecule has 0 aromatic carbocycles. The molecule has 0 atom stereocenters. The van der Waals surface area contributed by atoms with Crippen molar-refractivity contribution in [3.63, 3.8) is 0 Å². The van der Waals surface area contributed by atoms with E-state index in [0.717, 1.165) is 43.4 Å². The largest absolute Gasteiger partial charge is 0.511 e. The first-order chi connectivity index (χ1) is 12.8. The maximum atomic E-state index is 13.3. The molecule has 0 saturated heterocycles. The van der Waals surface area contributed by atoms with Gasteiger partial charge in [-0.05, 0) is 58.3 Å². The Morgan fingerprint density at radius 2 is 1.89 bits per heavy atom. The van der Waals surface area contributed by atoms with E-state index in [2.05, 4.69) is 18.8 Å². The molecule has 3 rings (SSSR count). The normalized spacial score (nSPS) is 22.1. The summed E-state index contributed by atoms with van der Waals surface area (Å²) in [4.78, 5) is 26.9. The van der Waals surface area contributed by atoms with Gasteiger partial charge in [0.05, 0.1) is 4.88 Å². The van der Waals surface area contributed by atoms with Gasteiger partial charge < -0.3 is 9.84 Å². The highest BCUT2D eigenvalue weighted by Gasteiger charge is 2.33. The van der Waals surface area contributed by atoms with Gasteiger partial charge in [0.15, 0.2) is 5.75 Å². The van der Waals surface area contributed by atoms with Crippen molar-refractivity contribution in [2.75, 3.05) is 4.90 Å². The quantitative estimate of drug-likeness (QED) is 0.572. The molecule has 1 amide bonds. The Hall–Kier alpha value is -2.00. The van der Waals surface area contributed by atoms with E-state index < -0.39 is 6.16 Å². The van der Waals surface area contributed by atoms with Gasteiger partial charge in [0.1, 0.15) is 5.00 Å². The number of rotatable bonds is 4. The summed E-state index contributed by atoms with van der Waals surface area (Å²) in [5, 5.41) is 9.66. The molecule has 1 N–H and O–H groups in total. The van der Waals surface area contributed by atoms with Crippen molar-refractivity contribution in [3.05, 3.63) is 10.9 Å². The average molecular weight is 390 g/mol. The molecule has 27 heavy (non-hydrogen) atoms. The van der Waals surface area contributed by atoms with Crippen LogP contribution in [0.3, 0.4) is 0 Å². The molecule has 1 heterocycles. The first-order valence-corrected chi connectivity index (χ1v) is 10.6. The Kier molecular flexibility index (Phi) is 6.11. The number of anilines is 1. The Morgan fingerprint density at radius 3 is 2.44 bits per heavy atom. The van der Waals surface area contributed by atoms with Gasteiger partial charge in [0.25, 0.3) is 0 Å². The Balaban J connectivity index is 1.89. The van der Waals surface area contributed by atoms with Crippen LogP contribution in [0, 0.1) is 29.6 Å². The number of nitrogens with zero attached hydrogens (tertiary/aromatic N) is 1. The second kappa shape index (κ2) is 8.35. The number of ether oxygens (including phenoxy) is 1. The highest BCUT2D eigenvalue weighted by molar-refractivity contribution is 7.17.